The number of pyridine rings is 1. The highest BCUT2D eigenvalue weighted by molar-refractivity contribution is 6.34. The van der Waals surface area contributed by atoms with Crippen molar-refractivity contribution in [2.45, 2.75) is 56.8 Å². The molecule has 12 nitrogen and oxygen atoms in total. The molecule has 2 aromatic heterocycles. The van der Waals surface area contributed by atoms with E-state index in [2.05, 4.69) is 26.4 Å². The van der Waals surface area contributed by atoms with Gasteiger partial charge in [0.05, 0.1) is 33.6 Å². The lowest BCUT2D eigenvalue weighted by Crippen LogP contribution is -2.51. The van der Waals surface area contributed by atoms with E-state index in [-0.39, 0.29) is 57.3 Å². The van der Waals surface area contributed by atoms with Gasteiger partial charge in [-0.15, -0.1) is 0 Å². The fraction of sp³-hybridized carbons (Fsp3) is 0.455. The molecule has 6 rings (SSSR count). The lowest BCUT2D eigenvalue weighted by molar-refractivity contribution is -0.137. The number of carbonyl (C=O) groups is 1. The number of piperidine rings is 1. The number of aryl methyl sites for hydroxylation is 1. The number of hydrogen-bond acceptors (Lipinski definition) is 10. The summed E-state index contributed by atoms with van der Waals surface area (Å²) in [5, 5.41) is 0.337. The summed E-state index contributed by atoms with van der Waals surface area (Å²) in [6.07, 6.45) is -0.881. The SMILES string of the molecule is C=C1CN2CCCC2(COc2nc(N3CCC(N(C)C(=O)N(N)/C=C(\N)F)CC3)c3cc(Cl)c(-c4nc(N)cc(C)c4C(F)(F)F)c(F)c3n2)C1. The third kappa shape index (κ3) is 6.93. The number of fused-ring (bicyclic) bond motifs is 2. The van der Waals surface area contributed by atoms with Crippen molar-refractivity contribution in [1.82, 2.24) is 29.8 Å². The molecule has 0 saturated carbocycles. The van der Waals surface area contributed by atoms with Crippen LogP contribution in [-0.4, -0.2) is 87.2 Å². The molecule has 3 fully saturated rings. The maximum atomic E-state index is 16.8. The van der Waals surface area contributed by atoms with Crippen molar-refractivity contribution in [3.8, 4) is 17.3 Å². The lowest BCUT2D eigenvalue weighted by Gasteiger charge is -2.38. The predicted molar refractivity (Wildman–Crippen MR) is 182 cm³/mol. The first-order valence-corrected chi connectivity index (χ1v) is 16.6. The normalized spacial score (nSPS) is 20.3. The molecule has 2 amide bonds. The van der Waals surface area contributed by atoms with Crippen LogP contribution in [0.25, 0.3) is 22.2 Å². The molecule has 6 N–H and O–H groups in total. The number of anilines is 2. The van der Waals surface area contributed by atoms with E-state index in [0.717, 1.165) is 44.0 Å². The zero-order valence-electron chi connectivity index (χ0n) is 28.0. The highest BCUT2D eigenvalue weighted by Gasteiger charge is 2.47. The van der Waals surface area contributed by atoms with Crippen LogP contribution in [0.4, 0.5) is 38.4 Å². The van der Waals surface area contributed by atoms with Gasteiger partial charge in [0, 0.05) is 38.1 Å². The number of aromatic nitrogens is 3. The highest BCUT2D eigenvalue weighted by atomic mass is 35.5. The van der Waals surface area contributed by atoms with E-state index >= 15 is 4.39 Å². The maximum absolute atomic E-state index is 16.8. The molecular formula is C33H38ClF5N10O2. The first-order chi connectivity index (χ1) is 24.0. The third-order valence-electron chi connectivity index (χ3n) is 9.90. The number of hydrazine groups is 1. The second-order valence-corrected chi connectivity index (χ2v) is 13.8. The Morgan fingerprint density at radius 2 is 1.92 bits per heavy atom. The quantitative estimate of drug-likeness (QED) is 0.0708. The standard InChI is InChI=1S/C33H38ClF5N10O2/c1-17-13-32(7-4-8-48(32)14-17)16-51-30-44-27-20(12-21(34)24(26(27)36)28-25(33(37,38)39)18(2)11-23(41)43-28)29(45-30)47-9-5-19(6-10-47)46(3)31(50)49(42)15-22(35)40/h11-12,15,19H,1,4-10,13-14,16,40,42H2,2-3H3,(H2,41,43)/b22-15-. The molecule has 18 heteroatoms. The van der Waals surface area contributed by atoms with Crippen molar-refractivity contribution in [3.63, 3.8) is 0 Å². The van der Waals surface area contributed by atoms with Crippen LogP contribution >= 0.6 is 11.6 Å². The average Bonchev–Trinajstić information content (AvgIpc) is 3.57. The summed E-state index contributed by atoms with van der Waals surface area (Å²) in [7, 11) is 1.53. The summed E-state index contributed by atoms with van der Waals surface area (Å²) in [5.41, 5.74) is 8.50. The summed E-state index contributed by atoms with van der Waals surface area (Å²) in [6, 6.07) is 1.21. The number of halogens is 6. The highest BCUT2D eigenvalue weighted by Crippen LogP contribution is 2.45. The van der Waals surface area contributed by atoms with Gasteiger partial charge in [-0.25, -0.2) is 25.0 Å². The monoisotopic (exact) mass is 736 g/mol. The Bertz CT molecular complexity index is 1920. The second kappa shape index (κ2) is 13.6. The molecule has 3 aromatic rings. The number of rotatable bonds is 7. The number of ether oxygens (including phenoxy) is 1. The number of hydrogen-bond donors (Lipinski definition) is 3. The van der Waals surface area contributed by atoms with Crippen molar-refractivity contribution in [2.24, 2.45) is 11.6 Å². The van der Waals surface area contributed by atoms with Crippen molar-refractivity contribution in [1.29, 1.82) is 0 Å². The minimum atomic E-state index is -4.90. The van der Waals surface area contributed by atoms with Gasteiger partial charge in [-0.05, 0) is 63.3 Å². The molecule has 0 aliphatic carbocycles. The van der Waals surface area contributed by atoms with Gasteiger partial charge in [0.25, 0.3) is 0 Å². The Labute approximate surface area is 295 Å². The van der Waals surface area contributed by atoms with Crippen LogP contribution in [0.3, 0.4) is 0 Å². The molecule has 0 spiro atoms. The second-order valence-electron chi connectivity index (χ2n) is 13.4. The summed E-state index contributed by atoms with van der Waals surface area (Å²) in [6.45, 7) is 7.79. The number of nitrogens with zero attached hydrogens (tertiary/aromatic N) is 7. The Balaban J connectivity index is 1.41. The van der Waals surface area contributed by atoms with Crippen LogP contribution in [0.2, 0.25) is 5.02 Å². The number of urea groups is 1. The molecule has 274 valence electrons. The number of carbonyl (C=O) groups excluding carboxylic acids is 1. The summed E-state index contributed by atoms with van der Waals surface area (Å²) in [4.78, 5) is 31.2. The first kappa shape index (κ1) is 36.3. The van der Waals surface area contributed by atoms with E-state index in [1.165, 1.54) is 24.9 Å². The Morgan fingerprint density at radius 1 is 1.22 bits per heavy atom. The molecule has 0 radical (unpaired) electrons. The number of benzene rings is 1. The van der Waals surface area contributed by atoms with Crippen molar-refractivity contribution in [2.75, 3.05) is 50.5 Å². The van der Waals surface area contributed by atoms with Crippen LogP contribution in [0, 0.1) is 12.7 Å². The lowest BCUT2D eigenvalue weighted by atomic mass is 9.94. The van der Waals surface area contributed by atoms with Gasteiger partial charge in [-0.2, -0.15) is 27.5 Å². The minimum absolute atomic E-state index is 0.136. The fourth-order valence-electron chi connectivity index (χ4n) is 7.56. The Kier molecular flexibility index (Phi) is 9.67. The van der Waals surface area contributed by atoms with Crippen LogP contribution in [0.15, 0.2) is 36.4 Å². The molecule has 1 aromatic carbocycles. The van der Waals surface area contributed by atoms with Crippen LogP contribution in [0.1, 0.15) is 43.2 Å². The zero-order chi connectivity index (χ0) is 37.0. The maximum Gasteiger partial charge on any atom is 0.418 e. The molecule has 3 aliphatic heterocycles. The average molecular weight is 737 g/mol. The number of nitrogens with two attached hydrogens (primary N) is 3. The molecular weight excluding hydrogens is 699 g/mol. The van der Waals surface area contributed by atoms with Crippen LogP contribution < -0.4 is 26.9 Å². The van der Waals surface area contributed by atoms with Gasteiger partial charge in [-0.3, -0.25) is 4.90 Å². The molecule has 3 aliphatic rings. The molecule has 1 unspecified atom stereocenters. The van der Waals surface area contributed by atoms with E-state index in [9.17, 15) is 22.4 Å². The van der Waals surface area contributed by atoms with Gasteiger partial charge in [0.1, 0.15) is 23.8 Å². The van der Waals surface area contributed by atoms with E-state index in [1.807, 2.05) is 4.90 Å². The number of nitrogen functional groups attached to an aromatic ring is 1. The summed E-state index contributed by atoms with van der Waals surface area (Å²) in [5.74, 6) is 3.36. The smallest absolute Gasteiger partial charge is 0.418 e. The summed E-state index contributed by atoms with van der Waals surface area (Å²) < 4.78 is 79.1. The molecule has 1 atom stereocenters. The van der Waals surface area contributed by atoms with Crippen molar-refractivity contribution in [3.05, 3.63) is 58.4 Å². The molecule has 51 heavy (non-hydrogen) atoms. The van der Waals surface area contributed by atoms with Gasteiger partial charge in [0.2, 0.25) is 5.95 Å². The van der Waals surface area contributed by atoms with Gasteiger partial charge in [0.15, 0.2) is 5.82 Å². The molecule has 0 bridgehead atoms. The minimum Gasteiger partial charge on any atom is -0.461 e. The third-order valence-corrected chi connectivity index (χ3v) is 10.2. The van der Waals surface area contributed by atoms with Crippen LogP contribution in [0.5, 0.6) is 6.01 Å². The Hall–Kier alpha value is -4.48. The zero-order valence-corrected chi connectivity index (χ0v) is 28.8. The van der Waals surface area contributed by atoms with E-state index < -0.39 is 40.8 Å². The van der Waals surface area contributed by atoms with Crippen molar-refractivity contribution < 1.29 is 31.5 Å². The van der Waals surface area contributed by atoms with Crippen LogP contribution in [-0.2, 0) is 6.18 Å². The Morgan fingerprint density at radius 3 is 2.59 bits per heavy atom. The first-order valence-electron chi connectivity index (χ1n) is 16.3. The van der Waals surface area contributed by atoms with Gasteiger partial charge in [-0.1, -0.05) is 23.8 Å². The number of alkyl halides is 3. The predicted octanol–water partition coefficient (Wildman–Crippen LogP) is 5.49. The van der Waals surface area contributed by atoms with Gasteiger partial charge < -0.3 is 26.0 Å². The van der Waals surface area contributed by atoms with Crippen molar-refractivity contribution >= 4 is 40.2 Å². The topological polar surface area (TPSA) is 156 Å². The van der Waals surface area contributed by atoms with E-state index in [4.69, 9.17) is 33.6 Å². The fourth-order valence-corrected chi connectivity index (χ4v) is 7.84. The van der Waals surface area contributed by atoms with Gasteiger partial charge >= 0.3 is 18.2 Å². The van der Waals surface area contributed by atoms with E-state index in [1.54, 1.807) is 0 Å². The largest absolute Gasteiger partial charge is 0.461 e. The van der Waals surface area contributed by atoms with E-state index in [0.29, 0.717) is 37.1 Å². The summed E-state index contributed by atoms with van der Waals surface area (Å²) >= 11 is 6.60. The number of amides is 2. The molecule has 5 heterocycles. The molecule has 3 saturated heterocycles.